The Morgan fingerprint density at radius 2 is 1.19 bits per heavy atom. The third kappa shape index (κ3) is 35.3. The van der Waals surface area contributed by atoms with Gasteiger partial charge in [0.15, 0.2) is 12.3 Å². The molecule has 2 rings (SSSR count). The van der Waals surface area contributed by atoms with Crippen LogP contribution in [0.1, 0.15) is 213 Å². The Morgan fingerprint density at radius 3 is 1.73 bits per heavy atom. The van der Waals surface area contributed by atoms with Crippen molar-refractivity contribution in [2.24, 2.45) is 5.92 Å². The molecule has 79 heavy (non-hydrogen) atoms. The smallest absolute Gasteiger partial charge is 0.462 e. The number of carbonyl (C=O) groups excluding carboxylic acids is 2. The molecule has 20 nitrogen and oxygen atoms in total. The summed E-state index contributed by atoms with van der Waals surface area (Å²) >= 11 is 0. The van der Waals surface area contributed by atoms with E-state index in [1.165, 1.54) is 102 Å². The molecule has 22 heteroatoms. The molecule has 10 atom stereocenters. The summed E-state index contributed by atoms with van der Waals surface area (Å²) in [4.78, 5) is 62.2. The molecule has 2 heterocycles. The second-order valence-electron chi connectivity index (χ2n) is 20.7. The number of allylic oxidation sites excluding steroid dienone is 7. The molecule has 0 saturated carbocycles. The number of anilines is 1. The average molecular weight is 1160 g/mol. The fraction of sp³-hybridized carbons (Fsp3) is 0.754. The van der Waals surface area contributed by atoms with Crippen molar-refractivity contribution in [3.8, 4) is 0 Å². The van der Waals surface area contributed by atoms with E-state index in [9.17, 15) is 53.7 Å². The lowest BCUT2D eigenvalue weighted by Crippen LogP contribution is -2.36. The number of aromatic nitrogens is 2. The van der Waals surface area contributed by atoms with E-state index in [2.05, 4.69) is 54.4 Å². The molecule has 454 valence electrons. The van der Waals surface area contributed by atoms with Gasteiger partial charge in [0.25, 0.3) is 0 Å². The van der Waals surface area contributed by atoms with E-state index in [1.807, 2.05) is 18.2 Å². The summed E-state index contributed by atoms with van der Waals surface area (Å²) in [7, 11) is -11.0. The molecule has 0 bridgehead atoms. The molecule has 0 spiro atoms. The number of aliphatic hydroxyl groups excluding tert-OH is 4. The van der Waals surface area contributed by atoms with Gasteiger partial charge in [0, 0.05) is 19.0 Å². The van der Waals surface area contributed by atoms with Crippen LogP contribution in [0.25, 0.3) is 0 Å². The summed E-state index contributed by atoms with van der Waals surface area (Å²) in [6, 6.07) is 1.23. The second-order valence-corrected chi connectivity index (χ2v) is 23.7. The SMILES string of the molecule is CC/C=C\C/C=C\C/C=C\C/C=C\C[C@H](O)[C@@H](O)CCCC(=O)OC[C@H](COP(=O)(O)OP(=O)(O)OC[C@H]1O[C@@H](n2ccc(N)nc2=O)[C@H](O)[C@@H]1O)OC(=O)CCCCCCCCCCCCCCCCCCCCC(C)CC. The minimum atomic E-state index is -5.49. The zero-order valence-corrected chi connectivity index (χ0v) is 49.3. The van der Waals surface area contributed by atoms with Gasteiger partial charge in [-0.25, -0.2) is 13.9 Å². The minimum Gasteiger partial charge on any atom is -0.462 e. The highest BCUT2D eigenvalue weighted by atomic mass is 31.3. The Bertz CT molecular complexity index is 2070. The maximum atomic E-state index is 13.0. The average Bonchev–Trinajstić information content (AvgIpc) is 3.71. The highest BCUT2D eigenvalue weighted by Gasteiger charge is 2.46. The molecule has 1 saturated heterocycles. The number of carbonyl (C=O) groups is 2. The van der Waals surface area contributed by atoms with Crippen LogP contribution in [0.15, 0.2) is 65.7 Å². The highest BCUT2D eigenvalue weighted by Crippen LogP contribution is 2.60. The van der Waals surface area contributed by atoms with Crippen molar-refractivity contribution in [1.29, 1.82) is 0 Å². The summed E-state index contributed by atoms with van der Waals surface area (Å²) in [6.07, 6.45) is 34.8. The minimum absolute atomic E-state index is 0.00888. The Kier molecular flexibility index (Phi) is 39.4. The summed E-state index contributed by atoms with van der Waals surface area (Å²) in [5.74, 6) is -0.730. The van der Waals surface area contributed by atoms with Gasteiger partial charge in [0.1, 0.15) is 30.7 Å². The van der Waals surface area contributed by atoms with Crippen LogP contribution < -0.4 is 11.4 Å². The second kappa shape index (κ2) is 43.3. The third-order valence-electron chi connectivity index (χ3n) is 13.7. The lowest BCUT2D eigenvalue weighted by molar-refractivity contribution is -0.161. The lowest BCUT2D eigenvalue weighted by atomic mass is 9.99. The van der Waals surface area contributed by atoms with Crippen molar-refractivity contribution < 1.29 is 76.5 Å². The Labute approximate surface area is 470 Å². The largest absolute Gasteiger partial charge is 0.481 e. The van der Waals surface area contributed by atoms with Crippen LogP contribution in [0.4, 0.5) is 5.82 Å². The topological polar surface area (TPSA) is 306 Å². The first-order chi connectivity index (χ1) is 37.9. The van der Waals surface area contributed by atoms with Gasteiger partial charge in [0.05, 0.1) is 25.4 Å². The molecule has 8 N–H and O–H groups in total. The van der Waals surface area contributed by atoms with Gasteiger partial charge in [-0.15, -0.1) is 0 Å². The molecular weight excluding hydrogens is 1060 g/mol. The number of nitrogens with zero attached hydrogens (tertiary/aromatic N) is 2. The fourth-order valence-electron chi connectivity index (χ4n) is 8.67. The van der Waals surface area contributed by atoms with Crippen LogP contribution in [-0.2, 0) is 46.3 Å². The summed E-state index contributed by atoms with van der Waals surface area (Å²) < 4.78 is 56.8. The van der Waals surface area contributed by atoms with E-state index in [0.717, 1.165) is 61.6 Å². The third-order valence-corrected chi connectivity index (χ3v) is 16.3. The van der Waals surface area contributed by atoms with Crippen molar-refractivity contribution >= 4 is 33.4 Å². The Hall–Kier alpha value is -3.36. The number of rotatable bonds is 48. The number of ether oxygens (including phenoxy) is 3. The van der Waals surface area contributed by atoms with E-state index in [0.29, 0.717) is 12.8 Å². The van der Waals surface area contributed by atoms with Gasteiger partial charge in [-0.2, -0.15) is 9.29 Å². The van der Waals surface area contributed by atoms with Crippen LogP contribution in [-0.4, -0.2) is 108 Å². The first kappa shape index (κ1) is 71.7. The maximum Gasteiger partial charge on any atom is 0.481 e. The standard InChI is InChI=1S/C57H99N3O17P2/c1-4-6-7-8-9-10-11-21-24-27-30-33-37-48(61)49(62)38-35-40-52(63)72-43-47(75-53(64)39-34-31-28-25-22-19-17-15-13-12-14-16-18-20-23-26-29-32-36-46(3)5-2)44-73-78(68,69)77-79(70,71)74-45-50-54(65)55(66)56(76-50)60-42-41-51(58)59-57(60)67/h6-7,9-10,21,24,30,33,41-42,46-50,54-56,61-62,65-66H,4-5,8,11-20,22-23,25-29,31-32,34-40,43-45H2,1-3H3,(H,68,69)(H,70,71)(H2,58,59,67)/b7-6-,10-9-,24-21-,33-30-/t46?,47-,48+,49+,50-,54-,55-,56-/m1/s1. The van der Waals surface area contributed by atoms with Gasteiger partial charge in [-0.05, 0) is 63.4 Å². The van der Waals surface area contributed by atoms with Gasteiger partial charge in [-0.3, -0.25) is 23.2 Å². The first-order valence-corrected chi connectivity index (χ1v) is 32.2. The van der Waals surface area contributed by atoms with Crippen LogP contribution in [0.3, 0.4) is 0 Å². The predicted molar refractivity (Wildman–Crippen MR) is 305 cm³/mol. The molecular formula is C57H99N3O17P2. The zero-order valence-electron chi connectivity index (χ0n) is 47.6. The zero-order chi connectivity index (χ0) is 58.2. The van der Waals surface area contributed by atoms with Gasteiger partial charge in [-0.1, -0.05) is 191 Å². The molecule has 1 aromatic rings. The van der Waals surface area contributed by atoms with E-state index < -0.39 is 95.9 Å². The van der Waals surface area contributed by atoms with Crippen LogP contribution >= 0.6 is 15.6 Å². The molecule has 0 radical (unpaired) electrons. The van der Waals surface area contributed by atoms with E-state index in [1.54, 1.807) is 6.08 Å². The summed E-state index contributed by atoms with van der Waals surface area (Å²) in [5, 5.41) is 41.9. The molecule has 1 fully saturated rings. The number of hydrogen-bond donors (Lipinski definition) is 7. The lowest BCUT2D eigenvalue weighted by Gasteiger charge is -2.21. The number of unbranched alkanes of at least 4 members (excludes halogenated alkanes) is 17. The van der Waals surface area contributed by atoms with E-state index >= 15 is 0 Å². The molecule has 0 aliphatic carbocycles. The van der Waals surface area contributed by atoms with E-state index in [4.69, 9.17) is 29.0 Å². The highest BCUT2D eigenvalue weighted by molar-refractivity contribution is 7.61. The predicted octanol–water partition coefficient (Wildman–Crippen LogP) is 11.1. The molecule has 1 aromatic heterocycles. The van der Waals surface area contributed by atoms with Crippen LogP contribution in [0.5, 0.6) is 0 Å². The van der Waals surface area contributed by atoms with Crippen LogP contribution in [0, 0.1) is 5.92 Å². The van der Waals surface area contributed by atoms with Crippen molar-refractivity contribution in [2.75, 3.05) is 25.6 Å². The summed E-state index contributed by atoms with van der Waals surface area (Å²) in [6.45, 7) is 4.16. The number of phosphoric ester groups is 2. The van der Waals surface area contributed by atoms with Gasteiger partial charge < -0.3 is 50.2 Å². The number of phosphoric acid groups is 2. The number of nitrogen functional groups attached to an aromatic ring is 1. The number of hydrogen-bond acceptors (Lipinski definition) is 17. The Balaban J connectivity index is 1.80. The monoisotopic (exact) mass is 1160 g/mol. The molecule has 0 aromatic carbocycles. The summed E-state index contributed by atoms with van der Waals surface area (Å²) in [5.41, 5.74) is 4.58. The molecule has 1 aliphatic rings. The molecule has 3 unspecified atom stereocenters. The normalized spacial score (nSPS) is 20.0. The first-order valence-electron chi connectivity index (χ1n) is 29.2. The van der Waals surface area contributed by atoms with Crippen molar-refractivity contribution in [1.82, 2.24) is 9.55 Å². The number of esters is 2. The van der Waals surface area contributed by atoms with Gasteiger partial charge in [0.2, 0.25) is 0 Å². The van der Waals surface area contributed by atoms with Gasteiger partial charge >= 0.3 is 33.3 Å². The Morgan fingerprint density at radius 1 is 0.684 bits per heavy atom. The number of aliphatic hydroxyl groups is 4. The van der Waals surface area contributed by atoms with E-state index in [-0.39, 0.29) is 37.9 Å². The van der Waals surface area contributed by atoms with Crippen molar-refractivity contribution in [3.05, 3.63) is 71.4 Å². The molecule has 0 amide bonds. The van der Waals surface area contributed by atoms with Crippen molar-refractivity contribution in [3.63, 3.8) is 0 Å². The molecule has 1 aliphatic heterocycles. The van der Waals surface area contributed by atoms with Crippen molar-refractivity contribution in [2.45, 2.75) is 250 Å². The maximum absolute atomic E-state index is 13.0. The van der Waals surface area contributed by atoms with Crippen LogP contribution in [0.2, 0.25) is 0 Å². The quantitative estimate of drug-likeness (QED) is 0.0138. The number of nitrogens with two attached hydrogens (primary N) is 1. The fourth-order valence-corrected chi connectivity index (χ4v) is 10.8.